The summed E-state index contributed by atoms with van der Waals surface area (Å²) in [7, 11) is 0. The van der Waals surface area contributed by atoms with Gasteiger partial charge in [0, 0.05) is 23.8 Å². The van der Waals surface area contributed by atoms with E-state index in [1.807, 2.05) is 0 Å². The van der Waals surface area contributed by atoms with E-state index >= 15 is 0 Å². The van der Waals surface area contributed by atoms with Crippen LogP contribution in [-0.2, 0) is 0 Å². The molecule has 0 aromatic carbocycles. The third-order valence-electron chi connectivity index (χ3n) is 4.53. The highest BCUT2D eigenvalue weighted by Gasteiger charge is 2.20. The van der Waals surface area contributed by atoms with E-state index in [1.54, 1.807) is 0 Å². The van der Waals surface area contributed by atoms with Crippen LogP contribution in [0.4, 0.5) is 0 Å². The van der Waals surface area contributed by atoms with Crippen LogP contribution in [0.2, 0.25) is 0 Å². The van der Waals surface area contributed by atoms with Crippen molar-refractivity contribution < 1.29 is 5.32 Å². The molecule has 0 aliphatic carbocycles. The Kier molecular flexibility index (Phi) is 4.79. The summed E-state index contributed by atoms with van der Waals surface area (Å²) in [5, 5.41) is 2.28. The molecule has 0 bridgehead atoms. The summed E-state index contributed by atoms with van der Waals surface area (Å²) < 4.78 is 0. The highest BCUT2D eigenvalue weighted by molar-refractivity contribution is 6.03. The van der Waals surface area contributed by atoms with E-state index < -0.39 is 0 Å². The van der Waals surface area contributed by atoms with Crippen LogP contribution >= 0.6 is 0 Å². The predicted octanol–water partition coefficient (Wildman–Crippen LogP) is 4.16. The lowest BCUT2D eigenvalue weighted by molar-refractivity contribution is -0.546. The largest absolute Gasteiger partial charge is 0.285 e. The third-order valence-corrected chi connectivity index (χ3v) is 4.53. The number of quaternary nitrogens is 1. The van der Waals surface area contributed by atoms with Crippen molar-refractivity contribution in [1.82, 2.24) is 0 Å². The molecule has 2 heteroatoms. The summed E-state index contributed by atoms with van der Waals surface area (Å²) in [4.78, 5) is 4.67. The van der Waals surface area contributed by atoms with Crippen LogP contribution in [0.15, 0.2) is 62.6 Å². The molecule has 0 saturated carbocycles. The van der Waals surface area contributed by atoms with Crippen LogP contribution in [-0.4, -0.2) is 5.71 Å². The molecule has 0 radical (unpaired) electrons. The Labute approximate surface area is 128 Å². The van der Waals surface area contributed by atoms with Crippen LogP contribution in [0.25, 0.3) is 0 Å². The summed E-state index contributed by atoms with van der Waals surface area (Å²) in [6.07, 6.45) is 8.64. The summed E-state index contributed by atoms with van der Waals surface area (Å²) in [5.74, 6) is 0. The molecule has 0 amide bonds. The Morgan fingerprint density at radius 3 is 2.14 bits per heavy atom. The Morgan fingerprint density at radius 2 is 1.62 bits per heavy atom. The first-order valence-electron chi connectivity index (χ1n) is 7.89. The minimum absolute atomic E-state index is 1.06. The number of hydrogen-bond acceptors (Lipinski definition) is 1. The van der Waals surface area contributed by atoms with E-state index in [0.717, 1.165) is 18.5 Å². The van der Waals surface area contributed by atoms with E-state index in [4.69, 9.17) is 0 Å². The van der Waals surface area contributed by atoms with Crippen LogP contribution in [0.3, 0.4) is 0 Å². The van der Waals surface area contributed by atoms with Gasteiger partial charge in [0.05, 0.1) is 5.70 Å². The van der Waals surface area contributed by atoms with Gasteiger partial charge in [0.25, 0.3) is 0 Å². The van der Waals surface area contributed by atoms with Crippen molar-refractivity contribution >= 4 is 5.71 Å². The maximum absolute atomic E-state index is 4.67. The molecule has 0 atom stereocenters. The lowest BCUT2D eigenvalue weighted by Crippen LogP contribution is -2.77. The molecule has 0 aromatic heterocycles. The van der Waals surface area contributed by atoms with E-state index in [-0.39, 0.29) is 0 Å². The molecule has 0 aromatic rings. The average molecular weight is 283 g/mol. The molecule has 112 valence electrons. The molecule has 2 aliphatic rings. The van der Waals surface area contributed by atoms with Gasteiger partial charge in [-0.15, -0.1) is 0 Å². The van der Waals surface area contributed by atoms with Crippen molar-refractivity contribution in [3.63, 3.8) is 0 Å². The van der Waals surface area contributed by atoms with Crippen LogP contribution in [0, 0.1) is 0 Å². The zero-order chi connectivity index (χ0) is 15.6. The van der Waals surface area contributed by atoms with Gasteiger partial charge in [-0.25, -0.2) is 0 Å². The van der Waals surface area contributed by atoms with E-state index in [0.29, 0.717) is 0 Å². The standard InChI is InChI=1S/C19H26N2/c1-7-16-12(3)18(20-14(16)5)10-9-11-19-13(4)17(8-2)15(6)21-19/h9-11,20H,7-8H2,1-6H3/p+1/b10-9+,19-11-. The van der Waals surface area contributed by atoms with E-state index in [9.17, 15) is 0 Å². The molecule has 2 nitrogen and oxygen atoms in total. The topological polar surface area (TPSA) is 29.0 Å². The van der Waals surface area contributed by atoms with Crippen molar-refractivity contribution in [1.29, 1.82) is 0 Å². The first-order valence-corrected chi connectivity index (χ1v) is 7.89. The molecular formula is C19H27N2+. The van der Waals surface area contributed by atoms with Crippen molar-refractivity contribution in [2.45, 2.75) is 54.4 Å². The lowest BCUT2D eigenvalue weighted by Gasteiger charge is -1.98. The Balaban J connectivity index is 2.17. The second-order valence-electron chi connectivity index (χ2n) is 5.81. The highest BCUT2D eigenvalue weighted by atomic mass is 14.9. The number of aliphatic imine (C=N–C) groups is 1. The molecule has 0 fully saturated rings. The number of rotatable bonds is 4. The van der Waals surface area contributed by atoms with Gasteiger partial charge in [0.1, 0.15) is 11.4 Å². The smallest absolute Gasteiger partial charge is 0.137 e. The maximum Gasteiger partial charge on any atom is 0.137 e. The summed E-state index contributed by atoms with van der Waals surface area (Å²) >= 11 is 0. The van der Waals surface area contributed by atoms with Gasteiger partial charge in [0.2, 0.25) is 0 Å². The monoisotopic (exact) mass is 283 g/mol. The average Bonchev–Trinajstić information content (AvgIpc) is 2.87. The molecule has 2 N–H and O–H groups in total. The minimum Gasteiger partial charge on any atom is -0.285 e. The van der Waals surface area contributed by atoms with Crippen molar-refractivity contribution in [2.24, 2.45) is 4.99 Å². The maximum atomic E-state index is 4.67. The number of nitrogens with zero attached hydrogens (tertiary/aromatic N) is 1. The second kappa shape index (κ2) is 6.40. The van der Waals surface area contributed by atoms with Gasteiger partial charge in [-0.3, -0.25) is 10.3 Å². The SMILES string of the molecule is CCC1=C(C)[NH2+]C(/C=C/C=C2\N=C(C)C(CC)=C2C)=C1C. The lowest BCUT2D eigenvalue weighted by atomic mass is 10.0. The number of allylic oxidation sites excluding steroid dienone is 8. The fraction of sp³-hybridized carbons (Fsp3) is 0.421. The summed E-state index contributed by atoms with van der Waals surface area (Å²) in [5.41, 5.74) is 10.6. The molecule has 0 saturated heterocycles. The second-order valence-corrected chi connectivity index (χ2v) is 5.81. The molecule has 0 spiro atoms. The van der Waals surface area contributed by atoms with Gasteiger partial charge in [-0.05, 0) is 56.9 Å². The van der Waals surface area contributed by atoms with Crippen LogP contribution in [0.5, 0.6) is 0 Å². The Bertz CT molecular complexity index is 634. The first kappa shape index (κ1) is 15.7. The Hall–Kier alpha value is -1.67. The quantitative estimate of drug-likeness (QED) is 0.802. The molecule has 0 unspecified atom stereocenters. The molecule has 2 aliphatic heterocycles. The minimum atomic E-state index is 1.06. The Morgan fingerprint density at radius 1 is 0.952 bits per heavy atom. The van der Waals surface area contributed by atoms with Crippen LogP contribution in [0.1, 0.15) is 54.4 Å². The normalized spacial score (nSPS) is 21.6. The van der Waals surface area contributed by atoms with Gasteiger partial charge in [-0.1, -0.05) is 19.9 Å². The van der Waals surface area contributed by atoms with Gasteiger partial charge >= 0.3 is 0 Å². The fourth-order valence-electron chi connectivity index (χ4n) is 3.30. The van der Waals surface area contributed by atoms with Gasteiger partial charge < -0.3 is 0 Å². The number of hydrogen-bond donors (Lipinski definition) is 1. The number of nitrogens with two attached hydrogens (primary N) is 1. The van der Waals surface area contributed by atoms with Crippen molar-refractivity contribution in [3.05, 3.63) is 57.6 Å². The van der Waals surface area contributed by atoms with Crippen LogP contribution < -0.4 is 5.32 Å². The van der Waals surface area contributed by atoms with E-state index in [2.05, 4.69) is 70.1 Å². The predicted molar refractivity (Wildman–Crippen MR) is 90.9 cm³/mol. The highest BCUT2D eigenvalue weighted by Crippen LogP contribution is 2.27. The third kappa shape index (κ3) is 3.01. The van der Waals surface area contributed by atoms with Gasteiger partial charge in [0.15, 0.2) is 0 Å². The summed E-state index contributed by atoms with van der Waals surface area (Å²) in [6, 6.07) is 0. The zero-order valence-corrected chi connectivity index (χ0v) is 14.2. The molecular weight excluding hydrogens is 256 g/mol. The van der Waals surface area contributed by atoms with E-state index in [1.165, 1.54) is 39.4 Å². The molecule has 21 heavy (non-hydrogen) atoms. The van der Waals surface area contributed by atoms with Crippen molar-refractivity contribution in [3.8, 4) is 0 Å². The van der Waals surface area contributed by atoms with Crippen molar-refractivity contribution in [2.75, 3.05) is 0 Å². The summed E-state index contributed by atoms with van der Waals surface area (Å²) in [6.45, 7) is 13.1. The zero-order valence-electron chi connectivity index (χ0n) is 14.2. The first-order chi connectivity index (χ1) is 9.99. The fourth-order valence-corrected chi connectivity index (χ4v) is 3.30. The van der Waals surface area contributed by atoms with Gasteiger partial charge in [-0.2, -0.15) is 0 Å². The molecule has 2 heterocycles. The molecule has 2 rings (SSSR count).